The number of hydrogen-bond donors (Lipinski definition) is 0. The van der Waals surface area contributed by atoms with E-state index in [1.807, 2.05) is 43.3 Å². The van der Waals surface area contributed by atoms with Gasteiger partial charge in [-0.2, -0.15) is 10.1 Å². The predicted molar refractivity (Wildman–Crippen MR) is 116 cm³/mol. The number of benzene rings is 2. The van der Waals surface area contributed by atoms with Gasteiger partial charge in [0.25, 0.3) is 11.8 Å². The fourth-order valence-electron chi connectivity index (χ4n) is 5.03. The summed E-state index contributed by atoms with van der Waals surface area (Å²) in [5, 5.41) is 5.33. The minimum atomic E-state index is -0.262. The number of amides is 2. The molecule has 31 heavy (non-hydrogen) atoms. The van der Waals surface area contributed by atoms with Crippen molar-refractivity contribution >= 4 is 18.0 Å². The van der Waals surface area contributed by atoms with Crippen LogP contribution >= 0.6 is 0 Å². The molecule has 0 radical (unpaired) electrons. The summed E-state index contributed by atoms with van der Waals surface area (Å²) in [4.78, 5) is 25.7. The number of carbonyl (C=O) groups is 2. The van der Waals surface area contributed by atoms with Gasteiger partial charge in [0.15, 0.2) is 11.5 Å². The third-order valence-electron chi connectivity index (χ3n) is 6.45. The maximum Gasteiger partial charge on any atom is 0.254 e. The van der Waals surface area contributed by atoms with Gasteiger partial charge in [-0.25, -0.2) is 0 Å². The van der Waals surface area contributed by atoms with Crippen molar-refractivity contribution in [3.63, 3.8) is 0 Å². The van der Waals surface area contributed by atoms with E-state index in [4.69, 9.17) is 9.47 Å². The molecule has 2 aromatic carbocycles. The number of imide groups is 1. The Morgan fingerprint density at radius 1 is 1.06 bits per heavy atom. The number of carbonyl (C=O) groups excluding carboxylic acids is 2. The number of aryl methyl sites for hydroxylation is 1. The SMILES string of the molecule is COc1cccc(C=NN2C(=O)C3C4C=CC(C4)C3C2=O)c1OCc1cccc(C)c1. The zero-order chi connectivity index (χ0) is 21.5. The number of ether oxygens (including phenoxy) is 2. The molecular formula is C25H24N2O4. The van der Waals surface area contributed by atoms with Crippen LogP contribution in [0.1, 0.15) is 23.1 Å². The van der Waals surface area contributed by atoms with E-state index in [-0.39, 0.29) is 35.5 Å². The summed E-state index contributed by atoms with van der Waals surface area (Å²) in [5.74, 6) is 0.491. The van der Waals surface area contributed by atoms with Gasteiger partial charge in [0, 0.05) is 5.56 Å². The summed E-state index contributed by atoms with van der Waals surface area (Å²) < 4.78 is 11.5. The Bertz CT molecular complexity index is 1080. The van der Waals surface area contributed by atoms with Crippen molar-refractivity contribution in [3.05, 3.63) is 71.3 Å². The highest BCUT2D eigenvalue weighted by Gasteiger charge is 2.59. The van der Waals surface area contributed by atoms with Crippen LogP contribution in [0.5, 0.6) is 11.5 Å². The predicted octanol–water partition coefficient (Wildman–Crippen LogP) is 3.72. The molecule has 2 amide bonds. The number of hydrogen-bond acceptors (Lipinski definition) is 5. The van der Waals surface area contributed by atoms with Crippen molar-refractivity contribution in [1.82, 2.24) is 5.01 Å². The molecule has 1 aliphatic heterocycles. The molecule has 1 saturated carbocycles. The fraction of sp³-hybridized carbons (Fsp3) is 0.320. The largest absolute Gasteiger partial charge is 0.493 e. The van der Waals surface area contributed by atoms with Gasteiger partial charge in [0.1, 0.15) is 6.61 Å². The molecule has 6 nitrogen and oxygen atoms in total. The zero-order valence-electron chi connectivity index (χ0n) is 17.5. The van der Waals surface area contributed by atoms with Crippen LogP contribution in [0.2, 0.25) is 0 Å². The van der Waals surface area contributed by atoms with Gasteiger partial charge in [-0.05, 0) is 42.9 Å². The molecule has 1 heterocycles. The van der Waals surface area contributed by atoms with E-state index in [9.17, 15) is 9.59 Å². The van der Waals surface area contributed by atoms with Crippen LogP contribution < -0.4 is 9.47 Å². The van der Waals surface area contributed by atoms with Crippen molar-refractivity contribution in [2.75, 3.05) is 7.11 Å². The van der Waals surface area contributed by atoms with Crippen LogP contribution in [0, 0.1) is 30.6 Å². The van der Waals surface area contributed by atoms with Gasteiger partial charge in [0.2, 0.25) is 0 Å². The summed E-state index contributed by atoms with van der Waals surface area (Å²) in [6.45, 7) is 2.40. The molecule has 0 aromatic heterocycles. The minimum Gasteiger partial charge on any atom is -0.493 e. The summed E-state index contributed by atoms with van der Waals surface area (Å²) in [7, 11) is 1.58. The Kier molecular flexibility index (Phi) is 4.85. The Morgan fingerprint density at radius 3 is 2.45 bits per heavy atom. The smallest absolute Gasteiger partial charge is 0.254 e. The van der Waals surface area contributed by atoms with Crippen molar-refractivity contribution in [2.45, 2.75) is 20.0 Å². The molecule has 6 heteroatoms. The molecule has 4 atom stereocenters. The Balaban J connectivity index is 1.38. The first-order chi connectivity index (χ1) is 15.1. The molecule has 3 aliphatic rings. The quantitative estimate of drug-likeness (QED) is 0.409. The van der Waals surface area contributed by atoms with Crippen LogP contribution in [-0.2, 0) is 16.2 Å². The van der Waals surface area contributed by atoms with E-state index in [1.54, 1.807) is 7.11 Å². The second-order valence-electron chi connectivity index (χ2n) is 8.39. The number of hydrazone groups is 1. The van der Waals surface area contributed by atoms with Gasteiger partial charge >= 0.3 is 0 Å². The van der Waals surface area contributed by atoms with Crippen LogP contribution in [0.4, 0.5) is 0 Å². The number of methoxy groups -OCH3 is 1. The van der Waals surface area contributed by atoms with Crippen LogP contribution in [-0.4, -0.2) is 30.1 Å². The normalized spacial score (nSPS) is 26.2. The molecule has 2 bridgehead atoms. The standard InChI is InChI=1S/C25H24N2O4/c1-15-5-3-6-16(11-15)14-31-23-19(7-4-8-20(23)30-2)13-26-27-24(28)21-17-9-10-18(12-17)22(21)25(27)29/h3-11,13,17-18,21-22H,12,14H2,1-2H3. The molecule has 2 aliphatic carbocycles. The second kappa shape index (κ2) is 7.69. The molecular weight excluding hydrogens is 392 g/mol. The number of rotatable bonds is 6. The first-order valence-electron chi connectivity index (χ1n) is 10.5. The molecule has 1 saturated heterocycles. The first kappa shape index (κ1) is 19.5. The summed E-state index contributed by atoms with van der Waals surface area (Å²) in [5.41, 5.74) is 2.84. The van der Waals surface area contributed by atoms with Gasteiger partial charge in [0.05, 0.1) is 25.2 Å². The van der Waals surface area contributed by atoms with E-state index >= 15 is 0 Å². The van der Waals surface area contributed by atoms with Crippen molar-refractivity contribution in [3.8, 4) is 11.5 Å². The maximum absolute atomic E-state index is 12.9. The van der Waals surface area contributed by atoms with Crippen molar-refractivity contribution in [1.29, 1.82) is 0 Å². The Morgan fingerprint density at radius 2 is 1.77 bits per heavy atom. The van der Waals surface area contributed by atoms with Crippen molar-refractivity contribution < 1.29 is 19.1 Å². The van der Waals surface area contributed by atoms with E-state index in [1.165, 1.54) is 6.21 Å². The third kappa shape index (κ3) is 3.32. The van der Waals surface area contributed by atoms with Gasteiger partial charge in [-0.15, -0.1) is 0 Å². The monoisotopic (exact) mass is 416 g/mol. The maximum atomic E-state index is 12.9. The average Bonchev–Trinajstić information content (AvgIpc) is 3.45. The highest BCUT2D eigenvalue weighted by atomic mass is 16.5. The molecule has 5 rings (SSSR count). The molecule has 4 unspecified atom stereocenters. The molecule has 0 N–H and O–H groups in total. The van der Waals surface area contributed by atoms with Gasteiger partial charge < -0.3 is 9.47 Å². The third-order valence-corrected chi connectivity index (χ3v) is 6.45. The second-order valence-corrected chi connectivity index (χ2v) is 8.39. The Labute approximate surface area is 181 Å². The highest BCUT2D eigenvalue weighted by Crippen LogP contribution is 2.52. The van der Waals surface area contributed by atoms with E-state index in [0.717, 1.165) is 22.6 Å². The minimum absolute atomic E-state index is 0.164. The lowest BCUT2D eigenvalue weighted by molar-refractivity contribution is -0.140. The summed E-state index contributed by atoms with van der Waals surface area (Å²) >= 11 is 0. The number of para-hydroxylation sites is 1. The highest BCUT2D eigenvalue weighted by molar-refractivity contribution is 6.07. The molecule has 158 valence electrons. The van der Waals surface area contributed by atoms with Crippen LogP contribution in [0.25, 0.3) is 0 Å². The Hall–Kier alpha value is -3.41. The van der Waals surface area contributed by atoms with E-state index < -0.39 is 0 Å². The van der Waals surface area contributed by atoms with E-state index in [2.05, 4.69) is 23.3 Å². The summed E-state index contributed by atoms with van der Waals surface area (Å²) in [6.07, 6.45) is 6.56. The topological polar surface area (TPSA) is 68.2 Å². The van der Waals surface area contributed by atoms with Crippen LogP contribution in [0.3, 0.4) is 0 Å². The van der Waals surface area contributed by atoms with Crippen molar-refractivity contribution in [2.24, 2.45) is 28.8 Å². The molecule has 2 aromatic rings. The molecule has 0 spiro atoms. The molecule has 2 fully saturated rings. The average molecular weight is 416 g/mol. The lowest BCUT2D eigenvalue weighted by Gasteiger charge is -2.14. The lowest BCUT2D eigenvalue weighted by atomic mass is 9.85. The number of nitrogens with zero attached hydrogens (tertiary/aromatic N) is 2. The van der Waals surface area contributed by atoms with Gasteiger partial charge in [-0.1, -0.05) is 48.0 Å². The zero-order valence-corrected chi connectivity index (χ0v) is 17.5. The van der Waals surface area contributed by atoms with E-state index in [0.29, 0.717) is 23.7 Å². The van der Waals surface area contributed by atoms with Gasteiger partial charge in [-0.3, -0.25) is 9.59 Å². The fourth-order valence-corrected chi connectivity index (χ4v) is 5.03. The number of allylic oxidation sites excluding steroid dienone is 2. The van der Waals surface area contributed by atoms with Crippen LogP contribution in [0.15, 0.2) is 59.7 Å². The summed E-state index contributed by atoms with van der Waals surface area (Å²) in [6, 6.07) is 13.5. The number of fused-ring (bicyclic) bond motifs is 5. The lowest BCUT2D eigenvalue weighted by Crippen LogP contribution is -2.28. The first-order valence-corrected chi connectivity index (χ1v) is 10.5.